The number of benzene rings is 1. The van der Waals surface area contributed by atoms with Gasteiger partial charge in [0.2, 0.25) is 5.91 Å². The maximum Gasteiger partial charge on any atom is 0.221 e. The second-order valence-electron chi connectivity index (χ2n) is 4.07. The lowest BCUT2D eigenvalue weighted by Gasteiger charge is -2.08. The maximum atomic E-state index is 11.0. The third-order valence-corrected chi connectivity index (χ3v) is 2.87. The number of nitrogens with one attached hydrogen (secondary N) is 2. The fourth-order valence-corrected chi connectivity index (χ4v) is 2.03. The lowest BCUT2D eigenvalue weighted by molar-refractivity contribution is -0.114. The Morgan fingerprint density at radius 1 is 1.21 bits per heavy atom. The number of carbonyl (C=O) groups excluding carboxylic acids is 1. The maximum absolute atomic E-state index is 11.0. The Balaban J connectivity index is 2.01. The predicted octanol–water partition coefficient (Wildman–Crippen LogP) is 3.41. The van der Waals surface area contributed by atoms with E-state index in [0.717, 1.165) is 21.7 Å². The minimum atomic E-state index is -0.0780. The van der Waals surface area contributed by atoms with Crippen LogP contribution in [0.5, 0.6) is 0 Å². The molecule has 0 unspecified atom stereocenters. The Kier molecular flexibility index (Phi) is 4.52. The van der Waals surface area contributed by atoms with Gasteiger partial charge in [0.05, 0.1) is 12.2 Å². The smallest absolute Gasteiger partial charge is 0.221 e. The topological polar surface area (TPSA) is 54.0 Å². The van der Waals surface area contributed by atoms with Crippen molar-refractivity contribution in [2.24, 2.45) is 0 Å². The van der Waals surface area contributed by atoms with Crippen LogP contribution in [0.4, 0.5) is 11.4 Å². The molecule has 0 saturated carbocycles. The summed E-state index contributed by atoms with van der Waals surface area (Å²) >= 11 is 3.34. The van der Waals surface area contributed by atoms with Crippen LogP contribution in [0.3, 0.4) is 0 Å². The summed E-state index contributed by atoms with van der Waals surface area (Å²) in [5, 5.41) is 6.02. The van der Waals surface area contributed by atoms with E-state index in [1.54, 1.807) is 0 Å². The van der Waals surface area contributed by atoms with Crippen molar-refractivity contribution in [3.05, 3.63) is 52.8 Å². The molecule has 1 heterocycles. The molecule has 0 saturated heterocycles. The van der Waals surface area contributed by atoms with Crippen molar-refractivity contribution in [3.63, 3.8) is 0 Å². The number of rotatable bonds is 4. The third-order valence-electron chi connectivity index (χ3n) is 2.43. The number of carbonyl (C=O) groups is 1. The van der Waals surface area contributed by atoms with E-state index in [2.05, 4.69) is 31.5 Å². The van der Waals surface area contributed by atoms with Crippen LogP contribution in [0, 0.1) is 0 Å². The minimum absolute atomic E-state index is 0.0780. The molecule has 0 aliphatic carbocycles. The minimum Gasteiger partial charge on any atom is -0.379 e. The number of nitrogens with zero attached hydrogens (tertiary/aromatic N) is 1. The number of amides is 1. The van der Waals surface area contributed by atoms with Gasteiger partial charge in [0.15, 0.2) is 0 Å². The summed E-state index contributed by atoms with van der Waals surface area (Å²) in [6.45, 7) is 2.12. The van der Waals surface area contributed by atoms with Gasteiger partial charge in [0.1, 0.15) is 4.60 Å². The summed E-state index contributed by atoms with van der Waals surface area (Å²) in [6, 6.07) is 13.4. The van der Waals surface area contributed by atoms with E-state index in [4.69, 9.17) is 0 Å². The number of hydrogen-bond donors (Lipinski definition) is 2. The van der Waals surface area contributed by atoms with E-state index in [9.17, 15) is 4.79 Å². The van der Waals surface area contributed by atoms with E-state index < -0.39 is 0 Å². The summed E-state index contributed by atoms with van der Waals surface area (Å²) in [7, 11) is 0. The molecular weight excluding hydrogens is 306 g/mol. The molecule has 0 fully saturated rings. The predicted molar refractivity (Wildman–Crippen MR) is 80.0 cm³/mol. The average Bonchev–Trinajstić information content (AvgIpc) is 2.36. The first-order valence-electron chi connectivity index (χ1n) is 5.86. The highest BCUT2D eigenvalue weighted by molar-refractivity contribution is 9.10. The van der Waals surface area contributed by atoms with Gasteiger partial charge in [0, 0.05) is 18.3 Å². The number of hydrogen-bond acceptors (Lipinski definition) is 3. The highest BCUT2D eigenvalue weighted by Crippen LogP contribution is 2.16. The first kappa shape index (κ1) is 13.5. The van der Waals surface area contributed by atoms with E-state index >= 15 is 0 Å². The summed E-state index contributed by atoms with van der Waals surface area (Å²) in [5.74, 6) is -0.0780. The molecule has 0 aliphatic heterocycles. The number of anilines is 2. The normalized spacial score (nSPS) is 10.0. The van der Waals surface area contributed by atoms with Crippen LogP contribution in [0.2, 0.25) is 0 Å². The van der Waals surface area contributed by atoms with Crippen molar-refractivity contribution in [1.82, 2.24) is 4.98 Å². The molecule has 98 valence electrons. The molecule has 1 aromatic carbocycles. The van der Waals surface area contributed by atoms with Crippen LogP contribution in [-0.2, 0) is 11.3 Å². The summed E-state index contributed by atoms with van der Waals surface area (Å²) in [6.07, 6.45) is 0. The van der Waals surface area contributed by atoms with Gasteiger partial charge in [-0.2, -0.15) is 0 Å². The van der Waals surface area contributed by atoms with E-state index in [-0.39, 0.29) is 5.91 Å². The zero-order valence-corrected chi connectivity index (χ0v) is 12.1. The SMILES string of the molecule is CC(=O)Nc1cccc(NCc2cccc(Br)n2)c1. The average molecular weight is 320 g/mol. The standard InChI is InChI=1S/C14H14BrN3O/c1-10(19)17-12-5-2-4-11(8-12)16-9-13-6-3-7-14(15)18-13/h2-8,16H,9H2,1H3,(H,17,19). The number of aromatic nitrogens is 1. The van der Waals surface area contributed by atoms with Crippen LogP contribution in [0.15, 0.2) is 47.1 Å². The second-order valence-corrected chi connectivity index (χ2v) is 4.88. The second kappa shape index (κ2) is 6.33. The van der Waals surface area contributed by atoms with Crippen molar-refractivity contribution >= 4 is 33.2 Å². The van der Waals surface area contributed by atoms with E-state index in [1.807, 2.05) is 42.5 Å². The van der Waals surface area contributed by atoms with Crippen molar-refractivity contribution in [3.8, 4) is 0 Å². The number of halogens is 1. The zero-order chi connectivity index (χ0) is 13.7. The van der Waals surface area contributed by atoms with Gasteiger partial charge in [-0.05, 0) is 46.3 Å². The molecule has 4 nitrogen and oxygen atoms in total. The van der Waals surface area contributed by atoms with Crippen molar-refractivity contribution in [2.45, 2.75) is 13.5 Å². The van der Waals surface area contributed by atoms with Gasteiger partial charge in [-0.3, -0.25) is 4.79 Å². The molecule has 2 N–H and O–H groups in total. The molecular formula is C14H14BrN3O. The molecule has 2 aromatic rings. The Morgan fingerprint density at radius 3 is 2.68 bits per heavy atom. The van der Waals surface area contributed by atoms with Crippen molar-refractivity contribution < 1.29 is 4.79 Å². The first-order chi connectivity index (χ1) is 9.13. The molecule has 1 aromatic heterocycles. The van der Waals surface area contributed by atoms with E-state index in [1.165, 1.54) is 6.92 Å². The Morgan fingerprint density at radius 2 is 1.95 bits per heavy atom. The van der Waals surface area contributed by atoms with Gasteiger partial charge in [-0.25, -0.2) is 4.98 Å². The highest BCUT2D eigenvalue weighted by Gasteiger charge is 1.99. The largest absolute Gasteiger partial charge is 0.379 e. The molecule has 0 spiro atoms. The molecule has 2 rings (SSSR count). The Bertz CT molecular complexity index is 586. The van der Waals surface area contributed by atoms with Crippen molar-refractivity contribution in [2.75, 3.05) is 10.6 Å². The molecule has 0 aliphatic rings. The van der Waals surface area contributed by atoms with Crippen LogP contribution in [-0.4, -0.2) is 10.9 Å². The van der Waals surface area contributed by atoms with Gasteiger partial charge in [-0.15, -0.1) is 0 Å². The Hall–Kier alpha value is -1.88. The molecule has 1 amide bonds. The fourth-order valence-electron chi connectivity index (χ4n) is 1.65. The fraction of sp³-hybridized carbons (Fsp3) is 0.143. The molecule has 0 radical (unpaired) electrons. The Labute approximate surface area is 120 Å². The van der Waals surface area contributed by atoms with Gasteiger partial charge >= 0.3 is 0 Å². The van der Waals surface area contributed by atoms with Gasteiger partial charge < -0.3 is 10.6 Å². The van der Waals surface area contributed by atoms with Crippen molar-refractivity contribution in [1.29, 1.82) is 0 Å². The van der Waals surface area contributed by atoms with Gasteiger partial charge in [0.25, 0.3) is 0 Å². The molecule has 5 heteroatoms. The monoisotopic (exact) mass is 319 g/mol. The molecule has 0 atom stereocenters. The zero-order valence-electron chi connectivity index (χ0n) is 10.5. The van der Waals surface area contributed by atoms with Gasteiger partial charge in [-0.1, -0.05) is 12.1 Å². The van der Waals surface area contributed by atoms with Crippen LogP contribution in [0.25, 0.3) is 0 Å². The summed E-state index contributed by atoms with van der Waals surface area (Å²) in [5.41, 5.74) is 2.66. The number of pyridine rings is 1. The summed E-state index contributed by atoms with van der Waals surface area (Å²) < 4.78 is 0.818. The lowest BCUT2D eigenvalue weighted by Crippen LogP contribution is -2.06. The molecule has 0 bridgehead atoms. The van der Waals surface area contributed by atoms with Crippen LogP contribution < -0.4 is 10.6 Å². The summed E-state index contributed by atoms with van der Waals surface area (Å²) in [4.78, 5) is 15.3. The third kappa shape index (κ3) is 4.37. The van der Waals surface area contributed by atoms with Crippen LogP contribution >= 0.6 is 15.9 Å². The van der Waals surface area contributed by atoms with Crippen LogP contribution in [0.1, 0.15) is 12.6 Å². The molecule has 19 heavy (non-hydrogen) atoms. The lowest BCUT2D eigenvalue weighted by atomic mass is 10.2. The first-order valence-corrected chi connectivity index (χ1v) is 6.66. The highest BCUT2D eigenvalue weighted by atomic mass is 79.9. The quantitative estimate of drug-likeness (QED) is 0.849. The van der Waals surface area contributed by atoms with E-state index in [0.29, 0.717) is 6.54 Å².